The molecule has 1 N–H and O–H groups in total. The summed E-state index contributed by atoms with van der Waals surface area (Å²) in [5.41, 5.74) is 5.73. The van der Waals surface area contributed by atoms with Crippen molar-refractivity contribution in [2.75, 3.05) is 0 Å². The number of pyridine rings is 3. The highest BCUT2D eigenvalue weighted by atomic mass is 35.5. The molecular weight excluding hydrogens is 387 g/mol. The summed E-state index contributed by atoms with van der Waals surface area (Å²) < 4.78 is 13.6. The van der Waals surface area contributed by atoms with E-state index in [2.05, 4.69) is 26.3 Å². The van der Waals surface area contributed by atoms with Crippen LogP contribution in [0.15, 0.2) is 85.6 Å². The van der Waals surface area contributed by atoms with Crippen LogP contribution in [0.1, 0.15) is 11.1 Å². The van der Waals surface area contributed by atoms with Crippen molar-refractivity contribution in [3.05, 3.63) is 103 Å². The maximum absolute atomic E-state index is 13.6. The number of aromatic nitrogens is 3. The van der Waals surface area contributed by atoms with E-state index in [4.69, 9.17) is 0 Å². The Balaban J connectivity index is 0.00000240. The van der Waals surface area contributed by atoms with Crippen LogP contribution in [0.3, 0.4) is 0 Å². The summed E-state index contributed by atoms with van der Waals surface area (Å²) in [5.74, 6) is -0.257. The monoisotopic (exact) mass is 406 g/mol. The zero-order chi connectivity index (χ0) is 19.2. The smallest absolute Gasteiger partial charge is 0.123 e. The SMILES string of the molecule is Cl.Fc1cccc(-c2cnc(-c3ccncc3)c(CNCc3cccnc3)c2)c1. The average molecular weight is 407 g/mol. The van der Waals surface area contributed by atoms with Crippen molar-refractivity contribution in [2.24, 2.45) is 0 Å². The van der Waals surface area contributed by atoms with Gasteiger partial charge in [-0.2, -0.15) is 0 Å². The molecule has 4 rings (SSSR count). The van der Waals surface area contributed by atoms with Crippen LogP contribution in [-0.4, -0.2) is 15.0 Å². The Kier molecular flexibility index (Phi) is 7.00. The third kappa shape index (κ3) is 5.22. The Bertz CT molecular complexity index is 1060. The first-order valence-corrected chi connectivity index (χ1v) is 9.04. The van der Waals surface area contributed by atoms with Crippen LogP contribution in [0.5, 0.6) is 0 Å². The lowest BCUT2D eigenvalue weighted by Crippen LogP contribution is -2.14. The van der Waals surface area contributed by atoms with Crippen molar-refractivity contribution in [3.63, 3.8) is 0 Å². The summed E-state index contributed by atoms with van der Waals surface area (Å²) in [6.07, 6.45) is 8.90. The molecule has 0 amide bonds. The third-order valence-corrected chi connectivity index (χ3v) is 4.45. The highest BCUT2D eigenvalue weighted by Gasteiger charge is 2.10. The van der Waals surface area contributed by atoms with Crippen LogP contribution in [0, 0.1) is 5.82 Å². The molecule has 29 heavy (non-hydrogen) atoms. The molecule has 0 saturated heterocycles. The molecule has 0 atom stereocenters. The predicted molar refractivity (Wildman–Crippen MR) is 115 cm³/mol. The topological polar surface area (TPSA) is 50.7 Å². The highest BCUT2D eigenvalue weighted by Crippen LogP contribution is 2.27. The van der Waals surface area contributed by atoms with E-state index >= 15 is 0 Å². The Morgan fingerprint density at radius 2 is 1.62 bits per heavy atom. The van der Waals surface area contributed by atoms with Gasteiger partial charge in [-0.1, -0.05) is 18.2 Å². The number of benzene rings is 1. The van der Waals surface area contributed by atoms with Gasteiger partial charge in [0, 0.05) is 55.2 Å². The largest absolute Gasteiger partial charge is 0.308 e. The summed E-state index contributed by atoms with van der Waals surface area (Å²) in [6.45, 7) is 1.33. The number of nitrogens with zero attached hydrogens (tertiary/aromatic N) is 3. The second-order valence-corrected chi connectivity index (χ2v) is 6.44. The minimum absolute atomic E-state index is 0. The van der Waals surface area contributed by atoms with Crippen LogP contribution < -0.4 is 5.32 Å². The third-order valence-electron chi connectivity index (χ3n) is 4.45. The van der Waals surface area contributed by atoms with Crippen LogP contribution in [0.25, 0.3) is 22.4 Å². The molecule has 6 heteroatoms. The van der Waals surface area contributed by atoms with Crippen molar-refractivity contribution in [1.82, 2.24) is 20.3 Å². The van der Waals surface area contributed by atoms with Crippen LogP contribution in [0.2, 0.25) is 0 Å². The first-order valence-electron chi connectivity index (χ1n) is 9.04. The van der Waals surface area contributed by atoms with Crippen molar-refractivity contribution < 1.29 is 4.39 Å². The first kappa shape index (κ1) is 20.6. The van der Waals surface area contributed by atoms with Crippen LogP contribution >= 0.6 is 12.4 Å². The molecule has 3 aromatic heterocycles. The van der Waals surface area contributed by atoms with E-state index in [9.17, 15) is 4.39 Å². The molecule has 1 aromatic carbocycles. The summed E-state index contributed by atoms with van der Waals surface area (Å²) in [5, 5.41) is 3.45. The molecule has 146 valence electrons. The standard InChI is InChI=1S/C23H19FN4.ClH/c24-22-5-1-4-19(12-22)20-11-21(15-27-14-17-3-2-8-26-13-17)23(28-16-20)18-6-9-25-10-7-18;/h1-13,16,27H,14-15H2;1H. The minimum Gasteiger partial charge on any atom is -0.308 e. The van der Waals surface area contributed by atoms with E-state index in [0.29, 0.717) is 13.1 Å². The van der Waals surface area contributed by atoms with Crippen molar-refractivity contribution in [3.8, 4) is 22.4 Å². The van der Waals surface area contributed by atoms with E-state index in [1.165, 1.54) is 12.1 Å². The normalized spacial score (nSPS) is 10.4. The molecular formula is C23H20ClFN4. The second-order valence-electron chi connectivity index (χ2n) is 6.44. The van der Waals surface area contributed by atoms with Gasteiger partial charge in [-0.15, -0.1) is 12.4 Å². The van der Waals surface area contributed by atoms with E-state index in [1.54, 1.807) is 30.9 Å². The van der Waals surface area contributed by atoms with E-state index in [-0.39, 0.29) is 18.2 Å². The van der Waals surface area contributed by atoms with Gasteiger partial charge in [-0.3, -0.25) is 15.0 Å². The predicted octanol–water partition coefficient (Wildman–Crippen LogP) is 5.06. The molecule has 0 unspecified atom stereocenters. The zero-order valence-electron chi connectivity index (χ0n) is 15.6. The Morgan fingerprint density at radius 3 is 2.38 bits per heavy atom. The number of hydrogen-bond donors (Lipinski definition) is 1. The quantitative estimate of drug-likeness (QED) is 0.486. The fourth-order valence-corrected chi connectivity index (χ4v) is 3.08. The maximum atomic E-state index is 13.6. The Hall–Kier alpha value is -3.15. The summed E-state index contributed by atoms with van der Waals surface area (Å²) >= 11 is 0. The van der Waals surface area contributed by atoms with Gasteiger partial charge in [0.05, 0.1) is 5.69 Å². The molecule has 0 fully saturated rings. The molecule has 4 aromatic rings. The molecule has 0 aliphatic heterocycles. The van der Waals surface area contributed by atoms with Crippen LogP contribution in [0.4, 0.5) is 4.39 Å². The molecule has 0 aliphatic rings. The molecule has 0 bridgehead atoms. The number of hydrogen-bond acceptors (Lipinski definition) is 4. The molecule has 0 radical (unpaired) electrons. The van der Waals surface area contributed by atoms with E-state index in [1.807, 2.05) is 36.5 Å². The van der Waals surface area contributed by atoms with Gasteiger partial charge in [0.25, 0.3) is 0 Å². The molecule has 3 heterocycles. The first-order chi connectivity index (χ1) is 13.8. The Labute approximate surface area is 175 Å². The number of nitrogens with one attached hydrogen (secondary N) is 1. The van der Waals surface area contributed by atoms with Gasteiger partial charge in [0.15, 0.2) is 0 Å². The molecule has 4 nitrogen and oxygen atoms in total. The molecule has 0 saturated carbocycles. The van der Waals surface area contributed by atoms with Crippen molar-refractivity contribution in [2.45, 2.75) is 13.1 Å². The van der Waals surface area contributed by atoms with Crippen molar-refractivity contribution >= 4 is 12.4 Å². The van der Waals surface area contributed by atoms with Gasteiger partial charge in [-0.25, -0.2) is 4.39 Å². The minimum atomic E-state index is -0.257. The number of rotatable bonds is 6. The lowest BCUT2D eigenvalue weighted by atomic mass is 10.0. The summed E-state index contributed by atoms with van der Waals surface area (Å²) in [4.78, 5) is 12.9. The lowest BCUT2D eigenvalue weighted by molar-refractivity contribution is 0.628. The van der Waals surface area contributed by atoms with Crippen molar-refractivity contribution in [1.29, 1.82) is 0 Å². The van der Waals surface area contributed by atoms with Gasteiger partial charge in [0.1, 0.15) is 5.82 Å². The van der Waals surface area contributed by atoms with E-state index < -0.39 is 0 Å². The van der Waals surface area contributed by atoms with Gasteiger partial charge >= 0.3 is 0 Å². The van der Waals surface area contributed by atoms with E-state index in [0.717, 1.165) is 33.5 Å². The summed E-state index contributed by atoms with van der Waals surface area (Å²) in [6, 6.07) is 16.5. The number of halogens is 2. The fourth-order valence-electron chi connectivity index (χ4n) is 3.08. The maximum Gasteiger partial charge on any atom is 0.123 e. The molecule has 0 aliphatic carbocycles. The van der Waals surface area contributed by atoms with Gasteiger partial charge in [0.2, 0.25) is 0 Å². The van der Waals surface area contributed by atoms with Crippen LogP contribution in [-0.2, 0) is 13.1 Å². The zero-order valence-corrected chi connectivity index (χ0v) is 16.4. The molecule has 0 spiro atoms. The fraction of sp³-hybridized carbons (Fsp3) is 0.0870. The average Bonchev–Trinajstić information content (AvgIpc) is 2.75. The lowest BCUT2D eigenvalue weighted by Gasteiger charge is -2.13. The second kappa shape index (κ2) is 9.87. The van der Waals surface area contributed by atoms with Gasteiger partial charge in [-0.05, 0) is 53.1 Å². The Morgan fingerprint density at radius 1 is 0.759 bits per heavy atom. The summed E-state index contributed by atoms with van der Waals surface area (Å²) in [7, 11) is 0. The van der Waals surface area contributed by atoms with Gasteiger partial charge < -0.3 is 5.32 Å². The highest BCUT2D eigenvalue weighted by molar-refractivity contribution is 5.85.